The van der Waals surface area contributed by atoms with Crippen molar-refractivity contribution in [2.24, 2.45) is 0 Å². The highest BCUT2D eigenvalue weighted by Crippen LogP contribution is 2.26. The second-order valence-corrected chi connectivity index (χ2v) is 22.8. The molecule has 83 heavy (non-hydrogen) atoms. The van der Waals surface area contributed by atoms with E-state index < -0.39 is 67.4 Å². The number of amides is 1. The van der Waals surface area contributed by atoms with Crippen LogP contribution in [0, 0.1) is 0 Å². The molecule has 1 saturated heterocycles. The third-order valence-electron chi connectivity index (χ3n) is 15.2. The van der Waals surface area contributed by atoms with Crippen molar-refractivity contribution >= 4 is 11.9 Å². The first-order chi connectivity index (χ1) is 40.7. The fourth-order valence-electron chi connectivity index (χ4n) is 9.86. The van der Waals surface area contributed by atoms with Crippen molar-refractivity contribution < 1.29 is 49.3 Å². The number of aliphatic hydroxyl groups is 5. The molecule has 1 aliphatic rings. The Morgan fingerprint density at radius 3 is 1.33 bits per heavy atom. The van der Waals surface area contributed by atoms with Crippen LogP contribution in [-0.4, -0.2) is 99.6 Å². The molecule has 6 N–H and O–H groups in total. The largest absolute Gasteiger partial charge is 0.454 e. The molecule has 0 aliphatic carbocycles. The number of unbranched alkanes of at least 4 members (excludes halogenated alkanes) is 26. The number of hydrogen-bond donors (Lipinski definition) is 6. The van der Waals surface area contributed by atoms with Crippen molar-refractivity contribution in [1.29, 1.82) is 0 Å². The standard InChI is InChI=1S/C72H123NO10/c1-4-7-10-13-16-19-22-25-27-29-31-32-33-35-36-38-41-44-47-50-53-56-59-65(76)71(80)73-63(64(75)58-55-52-49-46-43-40-24-21-18-15-12-9-6-3)62-81-72-70(69(79)68(78)66(61-74)82-72)83-67(77)60-57-54-51-48-45-42-39-37-34-30-28-26-23-20-17-14-11-8-5-2/h7,10,16-17,19-20,25-28,31-32,34-37,55,58,63-66,68-70,72,74-76,78-79H,4-6,8-9,11-15,18,21-24,29-30,33,38-54,56-57,59-62H2,1-3H3,(H,73,80)/b10-7-,19-16-,20-17-,27-25-,28-26-,32-31-,36-35-,37-34-,58-55+. The lowest BCUT2D eigenvalue weighted by molar-refractivity contribution is -0.305. The minimum atomic E-state index is -1.63. The van der Waals surface area contributed by atoms with Crippen molar-refractivity contribution in [2.45, 2.75) is 320 Å². The van der Waals surface area contributed by atoms with Crippen LogP contribution in [0.4, 0.5) is 0 Å². The highest BCUT2D eigenvalue weighted by atomic mass is 16.7. The zero-order chi connectivity index (χ0) is 60.3. The van der Waals surface area contributed by atoms with Gasteiger partial charge in [-0.3, -0.25) is 9.59 Å². The van der Waals surface area contributed by atoms with Gasteiger partial charge in [0, 0.05) is 6.42 Å². The number of carbonyl (C=O) groups excluding carboxylic acids is 2. The van der Waals surface area contributed by atoms with Crippen LogP contribution in [-0.2, 0) is 23.8 Å². The number of rotatable bonds is 56. The van der Waals surface area contributed by atoms with Gasteiger partial charge in [-0.15, -0.1) is 0 Å². The lowest BCUT2D eigenvalue weighted by Gasteiger charge is -2.41. The van der Waals surface area contributed by atoms with E-state index in [0.717, 1.165) is 141 Å². The Hall–Kier alpha value is -3.68. The van der Waals surface area contributed by atoms with Crippen molar-refractivity contribution in [2.75, 3.05) is 13.2 Å². The number of nitrogens with one attached hydrogen (secondary N) is 1. The Labute approximate surface area is 507 Å². The van der Waals surface area contributed by atoms with Gasteiger partial charge in [-0.25, -0.2) is 0 Å². The first-order valence-corrected chi connectivity index (χ1v) is 33.7. The lowest BCUT2D eigenvalue weighted by atomic mass is 9.99. The first-order valence-electron chi connectivity index (χ1n) is 33.7. The first kappa shape index (κ1) is 77.3. The van der Waals surface area contributed by atoms with Crippen molar-refractivity contribution in [1.82, 2.24) is 5.32 Å². The van der Waals surface area contributed by atoms with Gasteiger partial charge in [0.25, 0.3) is 0 Å². The minimum Gasteiger partial charge on any atom is -0.454 e. The summed E-state index contributed by atoms with van der Waals surface area (Å²) >= 11 is 0. The van der Waals surface area contributed by atoms with Gasteiger partial charge < -0.3 is 45.1 Å². The van der Waals surface area contributed by atoms with Gasteiger partial charge in [-0.2, -0.15) is 0 Å². The average molecular weight is 1160 g/mol. The highest BCUT2D eigenvalue weighted by molar-refractivity contribution is 5.80. The Morgan fingerprint density at radius 1 is 0.482 bits per heavy atom. The number of carbonyl (C=O) groups is 2. The molecule has 1 heterocycles. The molecule has 0 bridgehead atoms. The van der Waals surface area contributed by atoms with Crippen LogP contribution in [0.1, 0.15) is 271 Å². The van der Waals surface area contributed by atoms with Gasteiger partial charge in [0.1, 0.15) is 24.4 Å². The SMILES string of the molecule is CC/C=C\C/C=C\C/C=C\C/C=C\C/C=C\CCCCCCCCC(O)C(=O)NC(COC1OC(CO)C(O)C(O)C1OC(=O)CCCCCCCC/C=C\C/C=C\C/C=C\CCCCC)C(O)/C=C/CCCCCCCCCCCCC. The van der Waals surface area contributed by atoms with Crippen LogP contribution in [0.2, 0.25) is 0 Å². The molecule has 1 aliphatic heterocycles. The van der Waals surface area contributed by atoms with Gasteiger partial charge in [0.2, 0.25) is 5.91 Å². The average Bonchev–Trinajstić information content (AvgIpc) is 3.54. The highest BCUT2D eigenvalue weighted by Gasteiger charge is 2.47. The van der Waals surface area contributed by atoms with E-state index in [0.29, 0.717) is 12.8 Å². The van der Waals surface area contributed by atoms with Crippen molar-refractivity contribution in [3.8, 4) is 0 Å². The molecule has 11 nitrogen and oxygen atoms in total. The minimum absolute atomic E-state index is 0.103. The summed E-state index contributed by atoms with van der Waals surface area (Å²) in [5, 5.41) is 57.2. The molecule has 1 amide bonds. The molecule has 8 atom stereocenters. The van der Waals surface area contributed by atoms with E-state index in [4.69, 9.17) is 14.2 Å². The lowest BCUT2D eigenvalue weighted by Crippen LogP contribution is -2.61. The third-order valence-corrected chi connectivity index (χ3v) is 15.2. The van der Waals surface area contributed by atoms with E-state index in [1.54, 1.807) is 6.08 Å². The summed E-state index contributed by atoms with van der Waals surface area (Å²) in [6.07, 6.45) is 69.7. The van der Waals surface area contributed by atoms with Gasteiger partial charge in [0.15, 0.2) is 12.4 Å². The summed E-state index contributed by atoms with van der Waals surface area (Å²) in [6, 6.07) is -1.04. The summed E-state index contributed by atoms with van der Waals surface area (Å²) < 4.78 is 17.7. The number of hydrogen-bond acceptors (Lipinski definition) is 10. The van der Waals surface area contributed by atoms with Gasteiger partial charge in [-0.05, 0) is 109 Å². The summed E-state index contributed by atoms with van der Waals surface area (Å²) in [5.41, 5.74) is 0. The molecule has 0 saturated carbocycles. The molecule has 0 aromatic heterocycles. The molecule has 0 aromatic carbocycles. The smallest absolute Gasteiger partial charge is 0.306 e. The second-order valence-electron chi connectivity index (χ2n) is 22.8. The van der Waals surface area contributed by atoms with E-state index in [9.17, 15) is 35.1 Å². The predicted molar refractivity (Wildman–Crippen MR) is 347 cm³/mol. The van der Waals surface area contributed by atoms with E-state index >= 15 is 0 Å². The summed E-state index contributed by atoms with van der Waals surface area (Å²) in [6.45, 7) is 5.64. The molecule has 0 spiro atoms. The maximum absolute atomic E-state index is 13.5. The van der Waals surface area contributed by atoms with Gasteiger partial charge in [0.05, 0.1) is 25.4 Å². The normalized spacial score (nSPS) is 19.3. The maximum atomic E-state index is 13.5. The van der Waals surface area contributed by atoms with E-state index in [2.05, 4.69) is 123 Å². The van der Waals surface area contributed by atoms with E-state index in [1.165, 1.54) is 83.5 Å². The third kappa shape index (κ3) is 46.2. The second kappa shape index (κ2) is 58.7. The Kier molecular flexibility index (Phi) is 54.7. The molecule has 1 rings (SSSR count). The van der Waals surface area contributed by atoms with E-state index in [1.807, 2.05) is 6.08 Å². The van der Waals surface area contributed by atoms with Gasteiger partial charge in [-0.1, -0.05) is 265 Å². The molecule has 8 unspecified atom stereocenters. The van der Waals surface area contributed by atoms with Crippen LogP contribution in [0.5, 0.6) is 0 Å². The van der Waals surface area contributed by atoms with Crippen LogP contribution >= 0.6 is 0 Å². The topological polar surface area (TPSA) is 175 Å². The Balaban J connectivity index is 2.67. The van der Waals surface area contributed by atoms with Crippen LogP contribution in [0.15, 0.2) is 109 Å². The molecule has 1 fully saturated rings. The molecular formula is C72H123NO10. The van der Waals surface area contributed by atoms with Gasteiger partial charge >= 0.3 is 5.97 Å². The Bertz CT molecular complexity index is 1770. The molecular weight excluding hydrogens is 1040 g/mol. The zero-order valence-electron chi connectivity index (χ0n) is 52.8. The fourth-order valence-corrected chi connectivity index (χ4v) is 9.86. The van der Waals surface area contributed by atoms with Crippen molar-refractivity contribution in [3.63, 3.8) is 0 Å². The summed E-state index contributed by atoms with van der Waals surface area (Å²) in [5.74, 6) is -1.22. The zero-order valence-corrected chi connectivity index (χ0v) is 52.8. The van der Waals surface area contributed by atoms with Crippen LogP contribution in [0.3, 0.4) is 0 Å². The summed E-state index contributed by atoms with van der Waals surface area (Å²) in [7, 11) is 0. The number of ether oxygens (including phenoxy) is 3. The fraction of sp³-hybridized carbons (Fsp3) is 0.722. The predicted octanol–water partition coefficient (Wildman–Crippen LogP) is 16.8. The number of allylic oxidation sites excluding steroid dienone is 17. The van der Waals surface area contributed by atoms with E-state index in [-0.39, 0.29) is 19.4 Å². The number of aliphatic hydroxyl groups excluding tert-OH is 5. The maximum Gasteiger partial charge on any atom is 0.306 e. The molecule has 476 valence electrons. The number of esters is 1. The van der Waals surface area contributed by atoms with Crippen LogP contribution in [0.25, 0.3) is 0 Å². The monoisotopic (exact) mass is 1160 g/mol. The van der Waals surface area contributed by atoms with Crippen molar-refractivity contribution in [3.05, 3.63) is 109 Å². The summed E-state index contributed by atoms with van der Waals surface area (Å²) in [4.78, 5) is 26.6. The Morgan fingerprint density at radius 2 is 0.867 bits per heavy atom. The van der Waals surface area contributed by atoms with Crippen LogP contribution < -0.4 is 5.32 Å². The quantitative estimate of drug-likeness (QED) is 0.0195. The molecule has 0 aromatic rings. The molecule has 11 heteroatoms. The molecule has 0 radical (unpaired) electrons.